The molecule has 0 spiro atoms. The second-order valence-electron chi connectivity index (χ2n) is 8.30. The third kappa shape index (κ3) is 4.01. The van der Waals surface area contributed by atoms with Gasteiger partial charge in [-0.2, -0.15) is 10.1 Å². The molecule has 2 aromatic carbocycles. The number of benzene rings is 2. The standard InChI is InChI=1S/C24H19Br3N2O3/c25-17-7-1-13(2-8-17)12-32-22-18(26)9-14(10-19(22)27)11-28-29-23(30)20-15-3-4-16(6-5-15)21(20)24(29)31/h1-4,7-11,15-16,20-21H,5-6,12H2/b28-11-/t15-,16-,20-,21+/m0/s1. The molecule has 164 valence electrons. The van der Waals surface area contributed by atoms with Crippen molar-refractivity contribution in [3.63, 3.8) is 0 Å². The van der Waals surface area contributed by atoms with Gasteiger partial charge in [0, 0.05) is 4.47 Å². The van der Waals surface area contributed by atoms with E-state index < -0.39 is 0 Å². The zero-order valence-electron chi connectivity index (χ0n) is 16.9. The maximum Gasteiger partial charge on any atom is 0.254 e. The number of carbonyl (C=O) groups is 2. The van der Waals surface area contributed by atoms with Crippen LogP contribution in [0.5, 0.6) is 5.75 Å². The lowest BCUT2D eigenvalue weighted by atomic mass is 9.63. The summed E-state index contributed by atoms with van der Waals surface area (Å²) in [5.74, 6) is 0.129. The summed E-state index contributed by atoms with van der Waals surface area (Å²) in [5, 5.41) is 5.36. The largest absolute Gasteiger partial charge is 0.487 e. The van der Waals surface area contributed by atoms with Gasteiger partial charge in [0.05, 0.1) is 27.0 Å². The normalized spacial score (nSPS) is 26.3. The first-order valence-corrected chi connectivity index (χ1v) is 12.8. The summed E-state index contributed by atoms with van der Waals surface area (Å²) in [7, 11) is 0. The quantitative estimate of drug-likeness (QED) is 0.231. The Morgan fingerprint density at radius 1 is 0.938 bits per heavy atom. The Morgan fingerprint density at radius 2 is 1.50 bits per heavy atom. The molecule has 0 aromatic heterocycles. The van der Waals surface area contributed by atoms with Gasteiger partial charge in [-0.1, -0.05) is 40.2 Å². The Kier molecular flexibility index (Phi) is 6.11. The van der Waals surface area contributed by atoms with E-state index in [-0.39, 0.29) is 35.5 Å². The topological polar surface area (TPSA) is 59.0 Å². The van der Waals surface area contributed by atoms with Crippen molar-refractivity contribution >= 4 is 65.8 Å². The minimum atomic E-state index is -0.253. The van der Waals surface area contributed by atoms with E-state index in [1.165, 1.54) is 0 Å². The minimum absolute atomic E-state index is 0.159. The summed E-state index contributed by atoms with van der Waals surface area (Å²) in [6.07, 6.45) is 7.71. The van der Waals surface area contributed by atoms with Crippen LogP contribution in [0, 0.1) is 23.7 Å². The first-order chi connectivity index (χ1) is 15.4. The van der Waals surface area contributed by atoms with Crippen LogP contribution >= 0.6 is 47.8 Å². The molecule has 2 fully saturated rings. The van der Waals surface area contributed by atoms with Crippen LogP contribution in [0.3, 0.4) is 0 Å². The average molecular weight is 623 g/mol. The summed E-state index contributed by atoms with van der Waals surface area (Å²) in [6, 6.07) is 11.7. The number of ether oxygens (including phenoxy) is 1. The fourth-order valence-corrected chi connectivity index (χ4v) is 6.54. The number of hydrogen-bond donors (Lipinski definition) is 0. The number of halogens is 3. The Labute approximate surface area is 211 Å². The molecule has 2 bridgehead atoms. The van der Waals surface area contributed by atoms with E-state index in [4.69, 9.17) is 4.74 Å². The molecule has 1 aliphatic heterocycles. The Bertz CT molecular complexity index is 1090. The zero-order valence-corrected chi connectivity index (χ0v) is 21.6. The maximum atomic E-state index is 12.9. The maximum absolute atomic E-state index is 12.9. The third-order valence-electron chi connectivity index (χ3n) is 6.38. The highest BCUT2D eigenvalue weighted by atomic mass is 79.9. The summed E-state index contributed by atoms with van der Waals surface area (Å²) in [6.45, 7) is 0.424. The van der Waals surface area contributed by atoms with E-state index in [1.54, 1.807) is 6.21 Å². The molecule has 2 amide bonds. The van der Waals surface area contributed by atoms with Crippen LogP contribution in [0.1, 0.15) is 24.0 Å². The summed E-state index contributed by atoms with van der Waals surface area (Å²) in [5.41, 5.74) is 1.80. The summed E-state index contributed by atoms with van der Waals surface area (Å²) >= 11 is 10.5. The number of fused-ring (bicyclic) bond motifs is 1. The molecule has 6 rings (SSSR count). The van der Waals surface area contributed by atoms with Gasteiger partial charge < -0.3 is 4.74 Å². The number of imide groups is 1. The highest BCUT2D eigenvalue weighted by Gasteiger charge is 2.56. The molecule has 5 nitrogen and oxygen atoms in total. The van der Waals surface area contributed by atoms with Gasteiger partial charge in [0.1, 0.15) is 12.4 Å². The van der Waals surface area contributed by atoms with Crippen molar-refractivity contribution in [2.75, 3.05) is 0 Å². The van der Waals surface area contributed by atoms with Crippen LogP contribution in [-0.2, 0) is 16.2 Å². The van der Waals surface area contributed by atoms with Crippen LogP contribution in [0.25, 0.3) is 0 Å². The fraction of sp³-hybridized carbons (Fsp3) is 0.292. The predicted octanol–water partition coefficient (Wildman–Crippen LogP) is 6.08. The van der Waals surface area contributed by atoms with Crippen LogP contribution < -0.4 is 4.74 Å². The minimum Gasteiger partial charge on any atom is -0.487 e. The smallest absolute Gasteiger partial charge is 0.254 e. The van der Waals surface area contributed by atoms with Gasteiger partial charge in [-0.25, -0.2) is 0 Å². The van der Waals surface area contributed by atoms with Gasteiger partial charge in [0.2, 0.25) is 0 Å². The van der Waals surface area contributed by atoms with Crippen molar-refractivity contribution in [1.29, 1.82) is 0 Å². The molecule has 3 aliphatic carbocycles. The first kappa shape index (κ1) is 22.0. The molecule has 0 N–H and O–H groups in total. The lowest BCUT2D eigenvalue weighted by Gasteiger charge is -2.37. The predicted molar refractivity (Wildman–Crippen MR) is 132 cm³/mol. The summed E-state index contributed by atoms with van der Waals surface area (Å²) < 4.78 is 8.50. The lowest BCUT2D eigenvalue weighted by molar-refractivity contribution is -0.140. The average Bonchev–Trinajstić information content (AvgIpc) is 3.06. The van der Waals surface area contributed by atoms with Gasteiger partial charge in [0.25, 0.3) is 11.8 Å². The highest BCUT2D eigenvalue weighted by Crippen LogP contribution is 2.49. The van der Waals surface area contributed by atoms with E-state index in [2.05, 4.69) is 65.0 Å². The molecule has 0 unspecified atom stereocenters. The molecule has 1 saturated heterocycles. The lowest BCUT2D eigenvalue weighted by Crippen LogP contribution is -2.38. The molecule has 4 aliphatic rings. The number of hydrogen-bond acceptors (Lipinski definition) is 4. The fourth-order valence-electron chi connectivity index (χ4n) is 4.82. The number of amides is 2. The highest BCUT2D eigenvalue weighted by molar-refractivity contribution is 9.11. The van der Waals surface area contributed by atoms with Gasteiger partial charge in [0.15, 0.2) is 0 Å². The summed E-state index contributed by atoms with van der Waals surface area (Å²) in [4.78, 5) is 25.8. The van der Waals surface area contributed by atoms with Crippen molar-refractivity contribution in [2.45, 2.75) is 19.4 Å². The zero-order chi connectivity index (χ0) is 22.4. The first-order valence-electron chi connectivity index (χ1n) is 10.4. The Hall–Kier alpha value is -1.77. The van der Waals surface area contributed by atoms with Crippen LogP contribution in [0.4, 0.5) is 0 Å². The SMILES string of the molecule is O=C1[C@@H]2[C@H](C(=O)N1/N=C\c1cc(Br)c(OCc3ccc(Br)cc3)c(Br)c1)[C@H]1C=C[C@H]2CC1. The Balaban J connectivity index is 1.31. The molecular weight excluding hydrogens is 604 g/mol. The van der Waals surface area contributed by atoms with Gasteiger partial charge in [-0.3, -0.25) is 9.59 Å². The molecular formula is C24H19Br3N2O3. The van der Waals surface area contributed by atoms with Gasteiger partial charge >= 0.3 is 0 Å². The van der Waals surface area contributed by atoms with Crippen molar-refractivity contribution in [3.05, 3.63) is 73.1 Å². The third-order valence-corrected chi connectivity index (χ3v) is 8.08. The molecule has 8 heteroatoms. The molecule has 1 heterocycles. The second kappa shape index (κ2) is 8.88. The van der Waals surface area contributed by atoms with Crippen LogP contribution in [-0.4, -0.2) is 23.0 Å². The second-order valence-corrected chi connectivity index (χ2v) is 10.9. The van der Waals surface area contributed by atoms with Crippen molar-refractivity contribution in [2.24, 2.45) is 28.8 Å². The molecule has 2 aromatic rings. The Morgan fingerprint density at radius 3 is 2.03 bits per heavy atom. The monoisotopic (exact) mass is 620 g/mol. The van der Waals surface area contributed by atoms with E-state index in [0.29, 0.717) is 12.4 Å². The number of carbonyl (C=O) groups excluding carboxylic acids is 2. The number of allylic oxidation sites excluding steroid dienone is 2. The van der Waals surface area contributed by atoms with E-state index >= 15 is 0 Å². The molecule has 32 heavy (non-hydrogen) atoms. The number of hydrazone groups is 1. The molecule has 4 atom stereocenters. The van der Waals surface area contributed by atoms with Crippen molar-refractivity contribution in [1.82, 2.24) is 5.01 Å². The van der Waals surface area contributed by atoms with Crippen LogP contribution in [0.15, 0.2) is 67.1 Å². The number of nitrogens with zero attached hydrogens (tertiary/aromatic N) is 2. The molecule has 1 saturated carbocycles. The van der Waals surface area contributed by atoms with Crippen molar-refractivity contribution in [3.8, 4) is 5.75 Å². The van der Waals surface area contributed by atoms with Gasteiger partial charge in [-0.05, 0) is 91.9 Å². The van der Waals surface area contributed by atoms with E-state index in [9.17, 15) is 9.59 Å². The number of rotatable bonds is 5. The van der Waals surface area contributed by atoms with Gasteiger partial charge in [-0.15, -0.1) is 0 Å². The van der Waals surface area contributed by atoms with Crippen LogP contribution in [0.2, 0.25) is 0 Å². The molecule has 0 radical (unpaired) electrons. The van der Waals surface area contributed by atoms with E-state index in [0.717, 1.165) is 42.4 Å². The van der Waals surface area contributed by atoms with E-state index in [1.807, 2.05) is 36.4 Å². The van der Waals surface area contributed by atoms with Crippen molar-refractivity contribution < 1.29 is 14.3 Å².